The highest BCUT2D eigenvalue weighted by Gasteiger charge is 2.20. The summed E-state index contributed by atoms with van der Waals surface area (Å²) in [4.78, 5) is 9.32. The van der Waals surface area contributed by atoms with Crippen LogP contribution < -0.4 is 10.2 Å². The Balaban J connectivity index is 1.77. The lowest BCUT2D eigenvalue weighted by Crippen LogP contribution is -2.52. The van der Waals surface area contributed by atoms with Gasteiger partial charge in [0, 0.05) is 52.1 Å². The Morgan fingerprint density at radius 3 is 2.71 bits per heavy atom. The number of nitrogens with zero attached hydrogens (tertiary/aromatic N) is 3. The smallest absolute Gasteiger partial charge is 0.128 e. The van der Waals surface area contributed by atoms with Gasteiger partial charge in [-0.3, -0.25) is 4.90 Å². The molecule has 5 nitrogen and oxygen atoms in total. The van der Waals surface area contributed by atoms with Crippen LogP contribution in [0, 0.1) is 0 Å². The average Bonchev–Trinajstić information content (AvgIpc) is 2.54. The average molecular weight is 292 g/mol. The summed E-state index contributed by atoms with van der Waals surface area (Å²) in [6.45, 7) is 9.36. The number of hydrogen-bond acceptors (Lipinski definition) is 5. The Labute approximate surface area is 128 Å². The van der Waals surface area contributed by atoms with Crippen LogP contribution >= 0.6 is 0 Å². The van der Waals surface area contributed by atoms with Crippen molar-refractivity contribution in [2.75, 3.05) is 57.9 Å². The predicted molar refractivity (Wildman–Crippen MR) is 86.8 cm³/mol. The molecule has 0 aliphatic carbocycles. The number of anilines is 1. The monoisotopic (exact) mass is 292 g/mol. The van der Waals surface area contributed by atoms with Gasteiger partial charge < -0.3 is 15.0 Å². The molecule has 1 aromatic heterocycles. The Bertz CT molecular complexity index is 379. The summed E-state index contributed by atoms with van der Waals surface area (Å²) < 4.78 is 5.32. The van der Waals surface area contributed by atoms with Crippen LogP contribution in [0.25, 0.3) is 0 Å². The Morgan fingerprint density at radius 1 is 1.29 bits per heavy atom. The number of nitrogens with one attached hydrogen (secondary N) is 1. The zero-order valence-electron chi connectivity index (χ0n) is 13.3. The van der Waals surface area contributed by atoms with Gasteiger partial charge in [-0.05, 0) is 25.1 Å². The van der Waals surface area contributed by atoms with Crippen LogP contribution in [0.4, 0.5) is 5.82 Å². The van der Waals surface area contributed by atoms with Crippen LogP contribution in [0.5, 0.6) is 0 Å². The molecule has 0 spiro atoms. The second-order valence-electron chi connectivity index (χ2n) is 5.58. The van der Waals surface area contributed by atoms with E-state index in [0.29, 0.717) is 6.04 Å². The molecule has 0 bridgehead atoms. The van der Waals surface area contributed by atoms with E-state index in [4.69, 9.17) is 4.74 Å². The molecule has 1 aromatic rings. The highest BCUT2D eigenvalue weighted by Crippen LogP contribution is 2.12. The predicted octanol–water partition coefficient (Wildman–Crippen LogP) is 1.22. The maximum atomic E-state index is 5.32. The quantitative estimate of drug-likeness (QED) is 0.780. The van der Waals surface area contributed by atoms with E-state index < -0.39 is 0 Å². The first-order chi connectivity index (χ1) is 10.3. The van der Waals surface area contributed by atoms with Crippen molar-refractivity contribution in [3.63, 3.8) is 0 Å². The summed E-state index contributed by atoms with van der Waals surface area (Å²) in [6.07, 6.45) is 3.03. The van der Waals surface area contributed by atoms with Gasteiger partial charge in [-0.25, -0.2) is 4.98 Å². The largest absolute Gasteiger partial charge is 0.383 e. The Kier molecular flexibility index (Phi) is 6.92. The maximum Gasteiger partial charge on any atom is 0.128 e. The van der Waals surface area contributed by atoms with E-state index in [0.717, 1.165) is 58.1 Å². The molecule has 5 heteroatoms. The lowest BCUT2D eigenvalue weighted by Gasteiger charge is -2.37. The molecule has 1 fully saturated rings. The summed E-state index contributed by atoms with van der Waals surface area (Å²) in [6, 6.07) is 6.54. The lowest BCUT2D eigenvalue weighted by atomic mass is 10.2. The Hall–Kier alpha value is -1.17. The number of pyridine rings is 1. The number of methoxy groups -OCH3 is 1. The van der Waals surface area contributed by atoms with Gasteiger partial charge in [-0.15, -0.1) is 0 Å². The van der Waals surface area contributed by atoms with Gasteiger partial charge in [0.1, 0.15) is 5.82 Å². The van der Waals surface area contributed by atoms with Gasteiger partial charge in [-0.1, -0.05) is 13.0 Å². The van der Waals surface area contributed by atoms with Crippen LogP contribution in [0.1, 0.15) is 13.3 Å². The van der Waals surface area contributed by atoms with Crippen LogP contribution in [0.3, 0.4) is 0 Å². The molecule has 1 aliphatic heterocycles. The minimum Gasteiger partial charge on any atom is -0.383 e. The highest BCUT2D eigenvalue weighted by atomic mass is 16.5. The van der Waals surface area contributed by atoms with E-state index in [2.05, 4.69) is 39.2 Å². The fraction of sp³-hybridized carbons (Fsp3) is 0.688. The minimum atomic E-state index is 0.427. The first-order valence-electron chi connectivity index (χ1n) is 7.94. The summed E-state index contributed by atoms with van der Waals surface area (Å²) >= 11 is 0. The van der Waals surface area contributed by atoms with Crippen LogP contribution in [-0.2, 0) is 4.74 Å². The molecule has 2 rings (SSSR count). The van der Waals surface area contributed by atoms with E-state index >= 15 is 0 Å². The molecule has 21 heavy (non-hydrogen) atoms. The summed E-state index contributed by atoms with van der Waals surface area (Å²) in [7, 11) is 1.78. The van der Waals surface area contributed by atoms with Crippen LogP contribution in [0.15, 0.2) is 24.4 Å². The number of hydrogen-bond donors (Lipinski definition) is 1. The highest BCUT2D eigenvalue weighted by molar-refractivity contribution is 5.38. The van der Waals surface area contributed by atoms with Crippen molar-refractivity contribution in [2.24, 2.45) is 0 Å². The molecule has 0 amide bonds. The molecule has 1 aliphatic rings. The molecule has 2 heterocycles. The number of rotatable bonds is 8. The molecule has 0 aromatic carbocycles. The van der Waals surface area contributed by atoms with E-state index in [1.54, 1.807) is 7.11 Å². The number of piperazine rings is 1. The van der Waals surface area contributed by atoms with Gasteiger partial charge in [0.05, 0.1) is 6.61 Å². The standard InChI is InChI=1S/C16H28N4O/c1-3-7-17-15(14-21-2)13-19-9-11-20(12-10-19)16-6-4-5-8-18-16/h4-6,8,15,17H,3,7,9-14H2,1-2H3. The molecular formula is C16H28N4O. The van der Waals surface area contributed by atoms with Crippen molar-refractivity contribution in [3.05, 3.63) is 24.4 Å². The van der Waals surface area contributed by atoms with Crippen molar-refractivity contribution in [2.45, 2.75) is 19.4 Å². The SMILES string of the molecule is CCCNC(COC)CN1CCN(c2ccccn2)CC1. The molecule has 0 radical (unpaired) electrons. The first-order valence-corrected chi connectivity index (χ1v) is 7.94. The fourth-order valence-electron chi connectivity index (χ4n) is 2.74. The van der Waals surface area contributed by atoms with Gasteiger partial charge in [-0.2, -0.15) is 0 Å². The van der Waals surface area contributed by atoms with Crippen LogP contribution in [0.2, 0.25) is 0 Å². The summed E-state index contributed by atoms with van der Waals surface area (Å²) in [5.74, 6) is 1.09. The molecular weight excluding hydrogens is 264 g/mol. The van der Waals surface area contributed by atoms with Crippen molar-refractivity contribution >= 4 is 5.82 Å². The normalized spacial score (nSPS) is 17.9. The van der Waals surface area contributed by atoms with Crippen molar-refractivity contribution in [3.8, 4) is 0 Å². The fourth-order valence-corrected chi connectivity index (χ4v) is 2.74. The van der Waals surface area contributed by atoms with E-state index in [-0.39, 0.29) is 0 Å². The van der Waals surface area contributed by atoms with Crippen LogP contribution in [-0.4, -0.2) is 68.9 Å². The van der Waals surface area contributed by atoms with Gasteiger partial charge in [0.15, 0.2) is 0 Å². The minimum absolute atomic E-state index is 0.427. The first kappa shape index (κ1) is 16.2. The third kappa shape index (κ3) is 5.26. The molecule has 1 atom stereocenters. The van der Waals surface area contributed by atoms with Gasteiger partial charge >= 0.3 is 0 Å². The molecule has 1 unspecified atom stereocenters. The summed E-state index contributed by atoms with van der Waals surface area (Å²) in [5.41, 5.74) is 0. The second-order valence-corrected chi connectivity index (χ2v) is 5.58. The Morgan fingerprint density at radius 2 is 2.10 bits per heavy atom. The molecule has 1 saturated heterocycles. The van der Waals surface area contributed by atoms with E-state index in [9.17, 15) is 0 Å². The zero-order valence-corrected chi connectivity index (χ0v) is 13.3. The zero-order chi connectivity index (χ0) is 14.9. The third-order valence-corrected chi connectivity index (χ3v) is 3.88. The van der Waals surface area contributed by atoms with Gasteiger partial charge in [0.2, 0.25) is 0 Å². The topological polar surface area (TPSA) is 40.6 Å². The van der Waals surface area contributed by atoms with Crippen molar-refractivity contribution in [1.82, 2.24) is 15.2 Å². The third-order valence-electron chi connectivity index (χ3n) is 3.88. The summed E-state index contributed by atoms with van der Waals surface area (Å²) in [5, 5.41) is 3.57. The molecule has 118 valence electrons. The van der Waals surface area contributed by atoms with E-state index in [1.165, 1.54) is 0 Å². The van der Waals surface area contributed by atoms with Crippen molar-refractivity contribution in [1.29, 1.82) is 0 Å². The molecule has 0 saturated carbocycles. The van der Waals surface area contributed by atoms with Crippen molar-refractivity contribution < 1.29 is 4.74 Å². The second kappa shape index (κ2) is 8.97. The maximum absolute atomic E-state index is 5.32. The molecule has 1 N–H and O–H groups in total. The number of ether oxygens (including phenoxy) is 1. The van der Waals surface area contributed by atoms with Gasteiger partial charge in [0.25, 0.3) is 0 Å². The van der Waals surface area contributed by atoms with E-state index in [1.807, 2.05) is 12.3 Å². The lowest BCUT2D eigenvalue weighted by molar-refractivity contribution is 0.135. The number of aromatic nitrogens is 1.